The van der Waals surface area contributed by atoms with Crippen LogP contribution in [0.25, 0.3) is 0 Å². The van der Waals surface area contributed by atoms with Gasteiger partial charge in [0.05, 0.1) is 6.61 Å². The van der Waals surface area contributed by atoms with Gasteiger partial charge in [-0.2, -0.15) is 0 Å². The molecule has 5 N–H and O–H groups in total. The molecule has 1 aliphatic heterocycles. The molecule has 0 amide bonds. The third kappa shape index (κ3) is 2.23. The molecule has 0 spiro atoms. The van der Waals surface area contributed by atoms with E-state index in [0.717, 1.165) is 0 Å². The first-order valence-corrected chi connectivity index (χ1v) is 5.43. The van der Waals surface area contributed by atoms with E-state index in [9.17, 15) is 15.0 Å². The molecule has 0 unspecified atom stereocenters. The largest absolute Gasteiger partial charge is 0.394 e. The Bertz CT molecular complexity index is 475. The summed E-state index contributed by atoms with van der Waals surface area (Å²) in [5.41, 5.74) is -2.13. The molecule has 8 nitrogen and oxygen atoms in total. The third-order valence-corrected chi connectivity index (χ3v) is 2.93. The standard InChI is InChI=1S/C10H15N3O5/c1-10(17)7(15)5(4-14)18-8(10)12-6-2-3-11-9(16)13-6/h2-3,5,7-8,14-15,17H,4H2,1H3,(H2,11,12,13,16)/t5-,7-,8-,10-/m1/s1. The minimum Gasteiger partial charge on any atom is -0.394 e. The fourth-order valence-electron chi connectivity index (χ4n) is 1.84. The molecule has 0 aromatic carbocycles. The molecule has 0 aliphatic carbocycles. The summed E-state index contributed by atoms with van der Waals surface area (Å²) in [7, 11) is 0. The first kappa shape index (κ1) is 13.0. The van der Waals surface area contributed by atoms with Crippen LogP contribution in [-0.2, 0) is 4.74 Å². The minimum atomic E-state index is -1.59. The number of nitrogens with one attached hydrogen (secondary N) is 2. The molecule has 1 aromatic heterocycles. The van der Waals surface area contributed by atoms with Crippen molar-refractivity contribution in [2.75, 3.05) is 11.9 Å². The van der Waals surface area contributed by atoms with E-state index in [2.05, 4.69) is 15.3 Å². The Morgan fingerprint density at radius 2 is 2.39 bits per heavy atom. The van der Waals surface area contributed by atoms with Gasteiger partial charge in [0.1, 0.15) is 23.6 Å². The quantitative estimate of drug-likeness (QED) is 0.424. The molecule has 1 aliphatic rings. The Morgan fingerprint density at radius 3 is 2.94 bits per heavy atom. The summed E-state index contributed by atoms with van der Waals surface area (Å²) in [4.78, 5) is 16.9. The van der Waals surface area contributed by atoms with Crippen molar-refractivity contribution < 1.29 is 20.1 Å². The fourth-order valence-corrected chi connectivity index (χ4v) is 1.84. The number of aliphatic hydroxyl groups is 3. The van der Waals surface area contributed by atoms with Gasteiger partial charge in [0.15, 0.2) is 6.23 Å². The first-order valence-electron chi connectivity index (χ1n) is 5.43. The molecule has 1 fully saturated rings. The average molecular weight is 257 g/mol. The van der Waals surface area contributed by atoms with Crippen molar-refractivity contribution in [2.24, 2.45) is 0 Å². The van der Waals surface area contributed by atoms with Gasteiger partial charge < -0.3 is 25.4 Å². The number of hydrogen-bond acceptors (Lipinski definition) is 7. The highest BCUT2D eigenvalue weighted by atomic mass is 16.6. The van der Waals surface area contributed by atoms with Crippen molar-refractivity contribution in [3.63, 3.8) is 0 Å². The predicted molar refractivity (Wildman–Crippen MR) is 60.9 cm³/mol. The van der Waals surface area contributed by atoms with Gasteiger partial charge in [-0.3, -0.25) is 4.98 Å². The number of rotatable bonds is 3. The second-order valence-corrected chi connectivity index (χ2v) is 4.34. The van der Waals surface area contributed by atoms with Crippen LogP contribution in [0.3, 0.4) is 0 Å². The van der Waals surface area contributed by atoms with Gasteiger partial charge in [0.2, 0.25) is 0 Å². The lowest BCUT2D eigenvalue weighted by Crippen LogP contribution is -2.48. The lowest BCUT2D eigenvalue weighted by atomic mass is 9.97. The number of aliphatic hydroxyl groups excluding tert-OH is 2. The molecule has 0 bridgehead atoms. The summed E-state index contributed by atoms with van der Waals surface area (Å²) in [6.07, 6.45) is -1.77. The fraction of sp³-hybridized carbons (Fsp3) is 0.600. The van der Waals surface area contributed by atoms with Crippen molar-refractivity contribution >= 4 is 5.82 Å². The topological polar surface area (TPSA) is 128 Å². The Balaban J connectivity index is 2.17. The highest BCUT2D eigenvalue weighted by Crippen LogP contribution is 2.30. The second-order valence-electron chi connectivity index (χ2n) is 4.34. The van der Waals surface area contributed by atoms with Gasteiger partial charge in [0.25, 0.3) is 0 Å². The van der Waals surface area contributed by atoms with E-state index in [-0.39, 0.29) is 0 Å². The lowest BCUT2D eigenvalue weighted by molar-refractivity contribution is -0.0549. The number of aromatic amines is 1. The highest BCUT2D eigenvalue weighted by molar-refractivity contribution is 5.34. The summed E-state index contributed by atoms with van der Waals surface area (Å²) >= 11 is 0. The Morgan fingerprint density at radius 1 is 1.67 bits per heavy atom. The van der Waals surface area contributed by atoms with Gasteiger partial charge in [-0.25, -0.2) is 9.78 Å². The van der Waals surface area contributed by atoms with E-state index < -0.39 is 36.3 Å². The number of H-pyrrole nitrogens is 1. The van der Waals surface area contributed by atoms with Crippen LogP contribution in [0.15, 0.2) is 17.1 Å². The zero-order valence-corrected chi connectivity index (χ0v) is 9.70. The van der Waals surface area contributed by atoms with E-state index in [0.29, 0.717) is 5.82 Å². The van der Waals surface area contributed by atoms with Gasteiger partial charge in [-0.05, 0) is 13.0 Å². The van der Waals surface area contributed by atoms with E-state index in [1.54, 1.807) is 0 Å². The van der Waals surface area contributed by atoms with Crippen LogP contribution < -0.4 is 11.0 Å². The maximum Gasteiger partial charge on any atom is 0.346 e. The van der Waals surface area contributed by atoms with Crippen molar-refractivity contribution in [1.82, 2.24) is 9.97 Å². The van der Waals surface area contributed by atoms with Crippen LogP contribution in [0.4, 0.5) is 5.82 Å². The van der Waals surface area contributed by atoms with Crippen LogP contribution in [0.5, 0.6) is 0 Å². The Labute approximate surface area is 102 Å². The Hall–Kier alpha value is -1.48. The molecule has 4 atom stereocenters. The third-order valence-electron chi connectivity index (χ3n) is 2.93. The molecule has 8 heteroatoms. The SMILES string of the molecule is C[C@]1(O)[C@H](Nc2ccnc(=O)[nH]2)O[C@H](CO)[C@H]1O. The summed E-state index contributed by atoms with van der Waals surface area (Å²) < 4.78 is 5.28. The molecular weight excluding hydrogens is 242 g/mol. The molecule has 2 rings (SSSR count). The zero-order chi connectivity index (χ0) is 13.3. The van der Waals surface area contributed by atoms with Gasteiger partial charge in [0, 0.05) is 6.20 Å². The lowest BCUT2D eigenvalue weighted by Gasteiger charge is -2.27. The zero-order valence-electron chi connectivity index (χ0n) is 9.70. The predicted octanol–water partition coefficient (Wildman–Crippen LogP) is -1.99. The van der Waals surface area contributed by atoms with Gasteiger partial charge >= 0.3 is 5.69 Å². The monoisotopic (exact) mass is 257 g/mol. The van der Waals surface area contributed by atoms with E-state index in [1.807, 2.05) is 0 Å². The van der Waals surface area contributed by atoms with Gasteiger partial charge in [-0.1, -0.05) is 0 Å². The molecule has 18 heavy (non-hydrogen) atoms. The average Bonchev–Trinajstić information content (AvgIpc) is 2.53. The second kappa shape index (κ2) is 4.65. The molecule has 0 radical (unpaired) electrons. The van der Waals surface area contributed by atoms with E-state index >= 15 is 0 Å². The van der Waals surface area contributed by atoms with Crippen LogP contribution in [0, 0.1) is 0 Å². The van der Waals surface area contributed by atoms with Crippen molar-refractivity contribution in [2.45, 2.75) is 31.0 Å². The number of nitrogens with zero attached hydrogens (tertiary/aromatic N) is 1. The van der Waals surface area contributed by atoms with Gasteiger partial charge in [-0.15, -0.1) is 0 Å². The Kier molecular flexibility index (Phi) is 3.35. The number of aromatic nitrogens is 2. The molecule has 1 saturated heterocycles. The first-order chi connectivity index (χ1) is 8.45. The van der Waals surface area contributed by atoms with Crippen molar-refractivity contribution in [3.8, 4) is 0 Å². The summed E-state index contributed by atoms with van der Waals surface area (Å²) in [5.74, 6) is 0.297. The molecule has 1 aromatic rings. The number of hydrogen-bond donors (Lipinski definition) is 5. The molecule has 2 heterocycles. The normalized spacial score (nSPS) is 35.7. The van der Waals surface area contributed by atoms with Crippen molar-refractivity contribution in [3.05, 3.63) is 22.7 Å². The summed E-state index contributed by atoms with van der Waals surface area (Å²) in [5, 5.41) is 31.6. The summed E-state index contributed by atoms with van der Waals surface area (Å²) in [6, 6.07) is 1.49. The maximum absolute atomic E-state index is 11.0. The van der Waals surface area contributed by atoms with E-state index in [4.69, 9.17) is 9.84 Å². The smallest absolute Gasteiger partial charge is 0.346 e. The van der Waals surface area contributed by atoms with E-state index in [1.165, 1.54) is 19.2 Å². The molecular formula is C10H15N3O5. The van der Waals surface area contributed by atoms with Crippen LogP contribution in [0.1, 0.15) is 6.92 Å². The van der Waals surface area contributed by atoms with Crippen LogP contribution in [0.2, 0.25) is 0 Å². The summed E-state index contributed by atoms with van der Waals surface area (Å²) in [6.45, 7) is 0.965. The maximum atomic E-state index is 11.0. The number of ether oxygens (including phenoxy) is 1. The molecule has 0 saturated carbocycles. The van der Waals surface area contributed by atoms with Crippen LogP contribution >= 0.6 is 0 Å². The highest BCUT2D eigenvalue weighted by Gasteiger charge is 2.52. The minimum absolute atomic E-state index is 0.297. The molecule has 100 valence electrons. The van der Waals surface area contributed by atoms with Crippen LogP contribution in [-0.4, -0.2) is 55.9 Å². The van der Waals surface area contributed by atoms with Crippen molar-refractivity contribution in [1.29, 1.82) is 0 Å². The number of anilines is 1.